The molecular formula is C25H35N3O7. The molecule has 5 aliphatic heterocycles. The van der Waals surface area contributed by atoms with Crippen LogP contribution in [0, 0.1) is 11.8 Å². The normalized spacial score (nSPS) is 37.4. The van der Waals surface area contributed by atoms with E-state index < -0.39 is 35.0 Å². The average Bonchev–Trinajstić information content (AvgIpc) is 3.16. The molecule has 0 aliphatic carbocycles. The molecule has 3 fully saturated rings. The molecule has 3 saturated heterocycles. The van der Waals surface area contributed by atoms with Gasteiger partial charge in [0, 0.05) is 45.9 Å². The predicted octanol–water partition coefficient (Wildman–Crippen LogP) is -0.427. The smallest absolute Gasteiger partial charge is 0.313 e. The SMILES string of the molecule is C[C@@]12C=CCCOC(=O)[C@@H]1[C@H]1C(=O)N(CCCO)C3C(=O)N(CCN4CCOCC4)CC=C[C@@]31O2. The summed E-state index contributed by atoms with van der Waals surface area (Å²) >= 11 is 0. The molecule has 0 saturated carbocycles. The van der Waals surface area contributed by atoms with Gasteiger partial charge in [-0.3, -0.25) is 19.3 Å². The molecule has 5 rings (SSSR count). The van der Waals surface area contributed by atoms with Crippen molar-refractivity contribution in [2.75, 3.05) is 65.7 Å². The van der Waals surface area contributed by atoms with Crippen LogP contribution in [0.25, 0.3) is 0 Å². The van der Waals surface area contributed by atoms with E-state index in [1.165, 1.54) is 4.90 Å². The van der Waals surface area contributed by atoms with Gasteiger partial charge in [-0.1, -0.05) is 24.3 Å². The summed E-state index contributed by atoms with van der Waals surface area (Å²) in [5.41, 5.74) is -2.34. The van der Waals surface area contributed by atoms with Crippen LogP contribution in [0.5, 0.6) is 0 Å². The third kappa shape index (κ3) is 4.10. The number of esters is 1. The molecule has 192 valence electrons. The van der Waals surface area contributed by atoms with Gasteiger partial charge < -0.3 is 29.1 Å². The summed E-state index contributed by atoms with van der Waals surface area (Å²) in [5, 5.41) is 9.47. The van der Waals surface area contributed by atoms with Gasteiger partial charge in [-0.15, -0.1) is 0 Å². The summed E-state index contributed by atoms with van der Waals surface area (Å²) in [4.78, 5) is 46.6. The fourth-order valence-electron chi connectivity index (χ4n) is 6.30. The Kier molecular flexibility index (Phi) is 6.73. The highest BCUT2D eigenvalue weighted by molar-refractivity contribution is 5.99. The van der Waals surface area contributed by atoms with Gasteiger partial charge in [-0.05, 0) is 19.8 Å². The van der Waals surface area contributed by atoms with Crippen molar-refractivity contribution in [3.63, 3.8) is 0 Å². The molecule has 1 N–H and O–H groups in total. The van der Waals surface area contributed by atoms with E-state index in [9.17, 15) is 19.5 Å². The van der Waals surface area contributed by atoms with Crippen LogP contribution in [0.15, 0.2) is 24.3 Å². The number of morpholine rings is 1. The topological polar surface area (TPSA) is 109 Å². The largest absolute Gasteiger partial charge is 0.465 e. The number of hydrogen-bond acceptors (Lipinski definition) is 8. The molecule has 10 nitrogen and oxygen atoms in total. The third-order valence-corrected chi connectivity index (χ3v) is 7.95. The summed E-state index contributed by atoms with van der Waals surface area (Å²) in [6.45, 7) is 6.81. The monoisotopic (exact) mass is 489 g/mol. The van der Waals surface area contributed by atoms with E-state index in [4.69, 9.17) is 14.2 Å². The van der Waals surface area contributed by atoms with E-state index in [1.54, 1.807) is 11.8 Å². The number of fused-ring (bicyclic) bond motifs is 2. The molecule has 0 bridgehead atoms. The first-order valence-corrected chi connectivity index (χ1v) is 12.6. The first-order valence-electron chi connectivity index (χ1n) is 12.6. The Balaban J connectivity index is 1.49. The molecule has 5 atom stereocenters. The lowest BCUT2D eigenvalue weighted by Gasteiger charge is -2.38. The van der Waals surface area contributed by atoms with Crippen LogP contribution in [-0.4, -0.2) is 121 Å². The van der Waals surface area contributed by atoms with E-state index in [-0.39, 0.29) is 31.6 Å². The van der Waals surface area contributed by atoms with Crippen molar-refractivity contribution in [2.45, 2.75) is 37.0 Å². The molecule has 0 aromatic carbocycles. The molecule has 1 spiro atoms. The average molecular weight is 490 g/mol. The van der Waals surface area contributed by atoms with Crippen molar-refractivity contribution in [3.8, 4) is 0 Å². The van der Waals surface area contributed by atoms with Gasteiger partial charge in [0.25, 0.3) is 0 Å². The van der Waals surface area contributed by atoms with Crippen molar-refractivity contribution in [2.24, 2.45) is 11.8 Å². The maximum atomic E-state index is 14.1. The highest BCUT2D eigenvalue weighted by Gasteiger charge is 2.74. The Hall–Kier alpha value is -2.27. The lowest BCUT2D eigenvalue weighted by atomic mass is 9.74. The molecular weight excluding hydrogens is 454 g/mol. The molecule has 35 heavy (non-hydrogen) atoms. The summed E-state index contributed by atoms with van der Waals surface area (Å²) in [6, 6.07) is -0.902. The molecule has 10 heteroatoms. The summed E-state index contributed by atoms with van der Waals surface area (Å²) in [7, 11) is 0. The zero-order valence-electron chi connectivity index (χ0n) is 20.3. The van der Waals surface area contributed by atoms with E-state index >= 15 is 0 Å². The molecule has 5 heterocycles. The van der Waals surface area contributed by atoms with E-state index in [2.05, 4.69) is 4.90 Å². The Morgan fingerprint density at radius 1 is 1.00 bits per heavy atom. The fourth-order valence-corrected chi connectivity index (χ4v) is 6.30. The van der Waals surface area contributed by atoms with Crippen LogP contribution in [0.2, 0.25) is 0 Å². The molecule has 0 radical (unpaired) electrons. The maximum Gasteiger partial charge on any atom is 0.313 e. The number of nitrogens with zero attached hydrogens (tertiary/aromatic N) is 3. The van der Waals surface area contributed by atoms with Crippen LogP contribution < -0.4 is 0 Å². The molecule has 0 aromatic heterocycles. The maximum absolute atomic E-state index is 14.1. The van der Waals surface area contributed by atoms with Crippen molar-refractivity contribution in [1.29, 1.82) is 0 Å². The number of carbonyl (C=O) groups is 3. The van der Waals surface area contributed by atoms with Gasteiger partial charge in [0.15, 0.2) is 0 Å². The molecule has 0 aromatic rings. The number of hydrogen-bond donors (Lipinski definition) is 1. The van der Waals surface area contributed by atoms with Crippen LogP contribution in [0.3, 0.4) is 0 Å². The van der Waals surface area contributed by atoms with Gasteiger partial charge in [0.05, 0.1) is 31.3 Å². The first kappa shape index (κ1) is 24.4. The predicted molar refractivity (Wildman–Crippen MR) is 124 cm³/mol. The van der Waals surface area contributed by atoms with Crippen molar-refractivity contribution in [1.82, 2.24) is 14.7 Å². The van der Waals surface area contributed by atoms with Crippen LogP contribution in [-0.2, 0) is 28.6 Å². The number of amides is 2. The zero-order valence-corrected chi connectivity index (χ0v) is 20.3. The Morgan fingerprint density at radius 2 is 1.80 bits per heavy atom. The second-order valence-corrected chi connectivity index (χ2v) is 10.1. The second kappa shape index (κ2) is 9.65. The second-order valence-electron chi connectivity index (χ2n) is 10.1. The fraction of sp³-hybridized carbons (Fsp3) is 0.720. The number of carbonyl (C=O) groups excluding carboxylic acids is 3. The molecule has 1 unspecified atom stereocenters. The minimum absolute atomic E-state index is 0.105. The lowest BCUT2D eigenvalue weighted by Crippen LogP contribution is -2.56. The first-order chi connectivity index (χ1) is 16.9. The summed E-state index contributed by atoms with van der Waals surface area (Å²) < 4.78 is 17.6. The quantitative estimate of drug-likeness (QED) is 0.396. The number of likely N-dealkylation sites (tertiary alicyclic amines) is 1. The molecule has 2 amide bonds. The van der Waals surface area contributed by atoms with Gasteiger partial charge in [0.2, 0.25) is 11.8 Å². The van der Waals surface area contributed by atoms with Gasteiger partial charge in [-0.2, -0.15) is 0 Å². The minimum Gasteiger partial charge on any atom is -0.465 e. The van der Waals surface area contributed by atoms with E-state index in [0.717, 1.165) is 13.1 Å². The minimum atomic E-state index is -1.27. The lowest BCUT2D eigenvalue weighted by molar-refractivity contribution is -0.160. The van der Waals surface area contributed by atoms with E-state index in [0.29, 0.717) is 45.7 Å². The molecule has 5 aliphatic rings. The Labute approximate surface area is 205 Å². The van der Waals surface area contributed by atoms with Crippen LogP contribution in [0.1, 0.15) is 19.8 Å². The van der Waals surface area contributed by atoms with Crippen LogP contribution in [0.4, 0.5) is 0 Å². The number of rotatable bonds is 6. The number of aliphatic hydroxyl groups excluding tert-OH is 1. The highest BCUT2D eigenvalue weighted by atomic mass is 16.6. The van der Waals surface area contributed by atoms with Gasteiger partial charge >= 0.3 is 5.97 Å². The van der Waals surface area contributed by atoms with Crippen LogP contribution >= 0.6 is 0 Å². The van der Waals surface area contributed by atoms with Gasteiger partial charge in [-0.25, -0.2) is 0 Å². The highest BCUT2D eigenvalue weighted by Crippen LogP contribution is 2.57. The Morgan fingerprint density at radius 3 is 2.57 bits per heavy atom. The van der Waals surface area contributed by atoms with E-state index in [1.807, 2.05) is 24.3 Å². The number of aliphatic hydroxyl groups is 1. The standard InChI is InChI=1S/C25H35N3O7/c1-24-6-2-3-15-34-23(32)19(24)18-21(30)28(9-5-14-29)20-22(31)27(8-4-7-25(18,20)35-24)11-10-26-12-16-33-17-13-26/h2,4,6-7,18-20,29H,3,5,8-17H2,1H3/t18-,19-,20?,24+,25-/m0/s1. The van der Waals surface area contributed by atoms with Crippen molar-refractivity contribution >= 4 is 17.8 Å². The Bertz CT molecular complexity index is 917. The van der Waals surface area contributed by atoms with Crippen molar-refractivity contribution in [3.05, 3.63) is 24.3 Å². The van der Waals surface area contributed by atoms with Gasteiger partial charge in [0.1, 0.15) is 17.6 Å². The number of cyclic esters (lactones) is 1. The number of ether oxygens (including phenoxy) is 3. The summed E-state index contributed by atoms with van der Waals surface area (Å²) in [6.07, 6.45) is 8.40. The van der Waals surface area contributed by atoms with Crippen molar-refractivity contribution < 1.29 is 33.7 Å². The summed E-state index contributed by atoms with van der Waals surface area (Å²) in [5.74, 6) is -2.68. The third-order valence-electron chi connectivity index (χ3n) is 7.95. The zero-order chi connectivity index (χ0) is 24.6.